The zero-order valence-electron chi connectivity index (χ0n) is 9.19. The largest absolute Gasteiger partial charge is 0.383 e. The quantitative estimate of drug-likeness (QED) is 0.508. The Hall–Kier alpha value is -0.210. The normalized spacial score (nSPS) is 11.9. The van der Waals surface area contributed by atoms with Crippen LogP contribution in [-0.2, 0) is 24.2 Å². The number of sulfonamides is 1. The Kier molecular flexibility index (Phi) is 8.92. The van der Waals surface area contributed by atoms with Crippen LogP contribution in [0.1, 0.15) is 0 Å². The molecule has 15 heavy (non-hydrogen) atoms. The van der Waals surface area contributed by atoms with E-state index >= 15 is 0 Å². The number of nitrogens with one attached hydrogen (secondary N) is 1. The summed E-state index contributed by atoms with van der Waals surface area (Å²) in [5.74, 6) is -0.0412. The second kappa shape index (κ2) is 9.05. The fourth-order valence-electron chi connectivity index (χ4n) is 0.784. The summed E-state index contributed by atoms with van der Waals surface area (Å²) in [7, 11) is -0.159. The van der Waals surface area contributed by atoms with E-state index in [4.69, 9.17) is 14.2 Å². The molecule has 0 amide bonds. The van der Waals surface area contributed by atoms with Gasteiger partial charge in [0, 0.05) is 20.8 Å². The molecule has 0 bridgehead atoms. The first-order valence-corrected chi connectivity index (χ1v) is 6.30. The first-order valence-electron chi connectivity index (χ1n) is 4.65. The smallest absolute Gasteiger partial charge is 0.213 e. The van der Waals surface area contributed by atoms with Crippen molar-refractivity contribution < 1.29 is 22.6 Å². The molecule has 7 heteroatoms. The highest BCUT2D eigenvalue weighted by Gasteiger charge is 2.08. The lowest BCUT2D eigenvalue weighted by atomic mass is 10.7. The molecule has 0 aliphatic rings. The maximum atomic E-state index is 11.3. The topological polar surface area (TPSA) is 73.9 Å². The fourth-order valence-corrected chi connectivity index (χ4v) is 1.66. The Morgan fingerprint density at radius 1 is 1.00 bits per heavy atom. The second-order valence-electron chi connectivity index (χ2n) is 2.81. The van der Waals surface area contributed by atoms with Gasteiger partial charge in [-0.3, -0.25) is 0 Å². The SMILES string of the molecule is COCCNS(=O)(=O)CCOCCOC. The zero-order valence-corrected chi connectivity index (χ0v) is 10.0. The van der Waals surface area contributed by atoms with Gasteiger partial charge in [0.25, 0.3) is 0 Å². The van der Waals surface area contributed by atoms with E-state index in [-0.39, 0.29) is 18.9 Å². The van der Waals surface area contributed by atoms with Crippen molar-refractivity contribution in [2.45, 2.75) is 0 Å². The molecule has 0 rings (SSSR count). The molecule has 1 N–H and O–H groups in total. The van der Waals surface area contributed by atoms with Crippen LogP contribution in [0.15, 0.2) is 0 Å². The number of ether oxygens (including phenoxy) is 3. The summed E-state index contributed by atoms with van der Waals surface area (Å²) >= 11 is 0. The summed E-state index contributed by atoms with van der Waals surface area (Å²) in [6.07, 6.45) is 0. The third kappa shape index (κ3) is 10.1. The van der Waals surface area contributed by atoms with Gasteiger partial charge in [-0.05, 0) is 0 Å². The Balaban J connectivity index is 3.47. The predicted molar refractivity (Wildman–Crippen MR) is 56.4 cm³/mol. The molecule has 0 heterocycles. The van der Waals surface area contributed by atoms with Crippen LogP contribution < -0.4 is 4.72 Å². The molecule has 0 aromatic rings. The summed E-state index contributed by atoms with van der Waals surface area (Å²) in [5.41, 5.74) is 0. The van der Waals surface area contributed by atoms with Gasteiger partial charge in [-0.25, -0.2) is 13.1 Å². The van der Waals surface area contributed by atoms with Gasteiger partial charge >= 0.3 is 0 Å². The predicted octanol–water partition coefficient (Wildman–Crippen LogP) is -0.785. The Labute approximate surface area is 90.9 Å². The molecule has 6 nitrogen and oxygen atoms in total. The maximum absolute atomic E-state index is 11.3. The van der Waals surface area contributed by atoms with Crippen LogP contribution >= 0.6 is 0 Å². The van der Waals surface area contributed by atoms with Crippen LogP contribution in [0.3, 0.4) is 0 Å². The zero-order chi connectivity index (χ0) is 11.6. The summed E-state index contributed by atoms with van der Waals surface area (Å²) in [4.78, 5) is 0. The maximum Gasteiger partial charge on any atom is 0.213 e. The summed E-state index contributed by atoms with van der Waals surface area (Å²) in [6, 6.07) is 0. The van der Waals surface area contributed by atoms with Crippen molar-refractivity contribution >= 4 is 10.0 Å². The van der Waals surface area contributed by atoms with Crippen molar-refractivity contribution in [3.63, 3.8) is 0 Å². The summed E-state index contributed by atoms with van der Waals surface area (Å²) < 4.78 is 39.4. The highest BCUT2D eigenvalue weighted by Crippen LogP contribution is 1.85. The molecule has 92 valence electrons. The number of rotatable bonds is 10. The average molecular weight is 241 g/mol. The average Bonchev–Trinajstić information content (AvgIpc) is 2.17. The van der Waals surface area contributed by atoms with Crippen molar-refractivity contribution in [1.29, 1.82) is 0 Å². The lowest BCUT2D eigenvalue weighted by molar-refractivity contribution is 0.0784. The minimum absolute atomic E-state index is 0.0412. The van der Waals surface area contributed by atoms with Crippen LogP contribution in [0.2, 0.25) is 0 Å². The fraction of sp³-hybridized carbons (Fsp3) is 1.00. The first-order chi connectivity index (χ1) is 7.12. The minimum Gasteiger partial charge on any atom is -0.383 e. The van der Waals surface area contributed by atoms with Crippen LogP contribution in [0.25, 0.3) is 0 Å². The Morgan fingerprint density at radius 3 is 2.27 bits per heavy atom. The minimum atomic E-state index is -3.24. The van der Waals surface area contributed by atoms with E-state index in [0.29, 0.717) is 19.8 Å². The molecule has 0 saturated carbocycles. The number of methoxy groups -OCH3 is 2. The van der Waals surface area contributed by atoms with Gasteiger partial charge in [0.15, 0.2) is 0 Å². The first kappa shape index (κ1) is 14.8. The van der Waals surface area contributed by atoms with Crippen molar-refractivity contribution in [3.8, 4) is 0 Å². The van der Waals surface area contributed by atoms with Crippen molar-refractivity contribution in [2.24, 2.45) is 0 Å². The van der Waals surface area contributed by atoms with Gasteiger partial charge in [-0.15, -0.1) is 0 Å². The van der Waals surface area contributed by atoms with Crippen molar-refractivity contribution in [1.82, 2.24) is 4.72 Å². The number of hydrogen-bond donors (Lipinski definition) is 1. The third-order valence-electron chi connectivity index (χ3n) is 1.56. The van der Waals surface area contributed by atoms with Crippen LogP contribution in [0, 0.1) is 0 Å². The van der Waals surface area contributed by atoms with Crippen LogP contribution in [0.4, 0.5) is 0 Å². The molecule has 0 unspecified atom stereocenters. The van der Waals surface area contributed by atoms with Crippen LogP contribution in [-0.4, -0.2) is 61.4 Å². The molecule has 0 fully saturated rings. The second-order valence-corrected chi connectivity index (χ2v) is 4.74. The van der Waals surface area contributed by atoms with Gasteiger partial charge in [-0.1, -0.05) is 0 Å². The van der Waals surface area contributed by atoms with Gasteiger partial charge in [0.1, 0.15) is 0 Å². The molecule has 0 spiro atoms. The van der Waals surface area contributed by atoms with E-state index in [1.165, 1.54) is 7.11 Å². The standard InChI is InChI=1S/C8H19NO5S/c1-12-4-3-9-15(10,11)8-7-14-6-5-13-2/h9H,3-8H2,1-2H3. The summed E-state index contributed by atoms with van der Waals surface area (Å²) in [6.45, 7) is 1.70. The number of hydrogen-bond acceptors (Lipinski definition) is 5. The van der Waals surface area contributed by atoms with Crippen molar-refractivity contribution in [3.05, 3.63) is 0 Å². The van der Waals surface area contributed by atoms with Gasteiger partial charge in [-0.2, -0.15) is 0 Å². The van der Waals surface area contributed by atoms with E-state index in [2.05, 4.69) is 4.72 Å². The molecule has 0 atom stereocenters. The highest BCUT2D eigenvalue weighted by atomic mass is 32.2. The van der Waals surface area contributed by atoms with Gasteiger partial charge in [0.2, 0.25) is 10.0 Å². The van der Waals surface area contributed by atoms with E-state index in [1.54, 1.807) is 7.11 Å². The van der Waals surface area contributed by atoms with Gasteiger partial charge in [0.05, 0.1) is 32.2 Å². The highest BCUT2D eigenvalue weighted by molar-refractivity contribution is 7.89. The molecule has 0 aromatic heterocycles. The van der Waals surface area contributed by atoms with E-state index < -0.39 is 10.0 Å². The lowest BCUT2D eigenvalue weighted by Crippen LogP contribution is -2.31. The third-order valence-corrected chi connectivity index (χ3v) is 2.90. The van der Waals surface area contributed by atoms with E-state index in [9.17, 15) is 8.42 Å². The molecule has 0 aromatic carbocycles. The van der Waals surface area contributed by atoms with E-state index in [1.807, 2.05) is 0 Å². The molecule has 0 aliphatic carbocycles. The Bertz CT molecular complexity index is 229. The molecular formula is C8H19NO5S. The Morgan fingerprint density at radius 2 is 1.67 bits per heavy atom. The molecular weight excluding hydrogens is 222 g/mol. The van der Waals surface area contributed by atoms with Crippen molar-refractivity contribution in [2.75, 3.05) is 52.9 Å². The molecule has 0 saturated heterocycles. The van der Waals surface area contributed by atoms with Gasteiger partial charge < -0.3 is 14.2 Å². The summed E-state index contributed by atoms with van der Waals surface area (Å²) in [5, 5.41) is 0. The molecule has 0 radical (unpaired) electrons. The lowest BCUT2D eigenvalue weighted by Gasteiger charge is -2.06. The molecule has 0 aliphatic heterocycles. The van der Waals surface area contributed by atoms with Crippen LogP contribution in [0.5, 0.6) is 0 Å². The monoisotopic (exact) mass is 241 g/mol. The van der Waals surface area contributed by atoms with E-state index in [0.717, 1.165) is 0 Å².